The van der Waals surface area contributed by atoms with Crippen LogP contribution in [0.2, 0.25) is 0 Å². The highest BCUT2D eigenvalue weighted by molar-refractivity contribution is 5.98. The smallest absolute Gasteiger partial charge is 0.270 e. The summed E-state index contributed by atoms with van der Waals surface area (Å²) in [4.78, 5) is 14.9. The summed E-state index contributed by atoms with van der Waals surface area (Å²) < 4.78 is 20.9. The fraction of sp³-hybridized carbons (Fsp3) is 0.500. The van der Waals surface area contributed by atoms with Gasteiger partial charge in [0.15, 0.2) is 0 Å². The van der Waals surface area contributed by atoms with Crippen LogP contribution in [0.1, 0.15) is 29.8 Å². The highest BCUT2D eigenvalue weighted by Crippen LogP contribution is 2.38. The number of benzene rings is 1. The van der Waals surface area contributed by atoms with Crippen LogP contribution in [0.15, 0.2) is 24.3 Å². The van der Waals surface area contributed by atoms with Gasteiger partial charge < -0.3 is 14.2 Å². The fourth-order valence-corrected chi connectivity index (χ4v) is 4.04. The van der Waals surface area contributed by atoms with Crippen LogP contribution in [0.4, 0.5) is 4.39 Å². The molecule has 0 radical (unpaired) electrons. The van der Waals surface area contributed by atoms with Gasteiger partial charge in [-0.05, 0) is 43.5 Å². The maximum atomic E-state index is 13.4. The normalized spacial score (nSPS) is 24.7. The first-order valence-corrected chi connectivity index (χ1v) is 8.20. The van der Waals surface area contributed by atoms with Gasteiger partial charge in [-0.2, -0.15) is 0 Å². The number of fused-ring (bicyclic) bond motifs is 1. The second-order valence-electron chi connectivity index (χ2n) is 6.92. The van der Waals surface area contributed by atoms with E-state index in [-0.39, 0.29) is 17.1 Å². The van der Waals surface area contributed by atoms with E-state index in [9.17, 15) is 9.18 Å². The number of aromatic nitrogens is 1. The number of carbonyl (C=O) groups excluding carboxylic acids is 1. The summed E-state index contributed by atoms with van der Waals surface area (Å²) >= 11 is 0. The van der Waals surface area contributed by atoms with Crippen molar-refractivity contribution in [3.8, 4) is 0 Å². The molecule has 4 rings (SSSR count). The Morgan fingerprint density at radius 1 is 1.30 bits per heavy atom. The molecule has 2 saturated heterocycles. The Bertz CT molecular complexity index is 762. The predicted octanol–water partition coefficient (Wildman–Crippen LogP) is 2.96. The van der Waals surface area contributed by atoms with Gasteiger partial charge in [0, 0.05) is 43.1 Å². The van der Waals surface area contributed by atoms with Crippen molar-refractivity contribution in [3.05, 3.63) is 35.8 Å². The number of piperidine rings is 1. The van der Waals surface area contributed by atoms with Gasteiger partial charge >= 0.3 is 0 Å². The zero-order valence-electron chi connectivity index (χ0n) is 13.3. The molecule has 4 nitrogen and oxygen atoms in total. The summed E-state index contributed by atoms with van der Waals surface area (Å²) in [6, 6.07) is 6.44. The van der Waals surface area contributed by atoms with E-state index in [0.717, 1.165) is 56.5 Å². The van der Waals surface area contributed by atoms with Crippen LogP contribution in [-0.4, -0.2) is 41.7 Å². The van der Waals surface area contributed by atoms with Gasteiger partial charge in [-0.25, -0.2) is 4.39 Å². The Morgan fingerprint density at radius 3 is 2.96 bits per heavy atom. The molecule has 2 fully saturated rings. The molecule has 23 heavy (non-hydrogen) atoms. The van der Waals surface area contributed by atoms with Crippen molar-refractivity contribution < 1.29 is 13.9 Å². The van der Waals surface area contributed by atoms with Crippen LogP contribution in [-0.2, 0) is 11.8 Å². The van der Waals surface area contributed by atoms with Crippen LogP contribution in [0.3, 0.4) is 0 Å². The largest absolute Gasteiger partial charge is 0.381 e. The van der Waals surface area contributed by atoms with Crippen molar-refractivity contribution in [1.82, 2.24) is 9.47 Å². The molecular formula is C18H21FN2O2. The highest BCUT2D eigenvalue weighted by atomic mass is 19.1. The number of hydrogen-bond acceptors (Lipinski definition) is 2. The van der Waals surface area contributed by atoms with Crippen molar-refractivity contribution >= 4 is 16.8 Å². The Labute approximate surface area is 134 Å². The first-order chi connectivity index (χ1) is 11.1. The molecule has 0 saturated carbocycles. The van der Waals surface area contributed by atoms with Gasteiger partial charge in [-0.3, -0.25) is 4.79 Å². The Kier molecular flexibility index (Phi) is 3.41. The zero-order chi connectivity index (χ0) is 16.0. The number of rotatable bonds is 1. The third-order valence-electron chi connectivity index (χ3n) is 5.36. The molecule has 1 aromatic heterocycles. The van der Waals surface area contributed by atoms with Gasteiger partial charge in [0.2, 0.25) is 0 Å². The van der Waals surface area contributed by atoms with E-state index >= 15 is 0 Å². The summed E-state index contributed by atoms with van der Waals surface area (Å²) in [6.07, 6.45) is 3.20. The van der Waals surface area contributed by atoms with E-state index in [1.54, 1.807) is 12.1 Å². The van der Waals surface area contributed by atoms with Gasteiger partial charge in [-0.15, -0.1) is 0 Å². The van der Waals surface area contributed by atoms with E-state index in [1.807, 2.05) is 16.5 Å². The lowest BCUT2D eigenvalue weighted by Crippen LogP contribution is -2.46. The Balaban J connectivity index is 1.65. The fourth-order valence-electron chi connectivity index (χ4n) is 4.04. The molecule has 0 aliphatic carbocycles. The predicted molar refractivity (Wildman–Crippen MR) is 85.9 cm³/mol. The number of ether oxygens (including phenoxy) is 1. The van der Waals surface area contributed by atoms with Crippen molar-refractivity contribution in [1.29, 1.82) is 0 Å². The molecule has 2 aliphatic rings. The van der Waals surface area contributed by atoms with Crippen molar-refractivity contribution in [2.75, 3.05) is 26.3 Å². The van der Waals surface area contributed by atoms with Crippen LogP contribution in [0, 0.1) is 11.2 Å². The molecule has 122 valence electrons. The number of likely N-dealkylation sites (tertiary alicyclic amines) is 1. The first kappa shape index (κ1) is 14.7. The standard InChI is InChI=1S/C18H21FN2O2/c1-20-15-4-3-14(19)9-13(15)10-16(20)17(22)21-7-2-5-18(11-21)6-8-23-12-18/h3-4,9-10H,2,5-8,11-12H2,1H3/t18-/m1/s1. The molecule has 1 amide bonds. The average Bonchev–Trinajstić information content (AvgIpc) is 3.11. The lowest BCUT2D eigenvalue weighted by atomic mass is 9.79. The summed E-state index contributed by atoms with van der Waals surface area (Å²) in [5.41, 5.74) is 1.65. The lowest BCUT2D eigenvalue weighted by molar-refractivity contribution is 0.0455. The van der Waals surface area contributed by atoms with Gasteiger partial charge in [0.1, 0.15) is 11.5 Å². The molecule has 2 aliphatic heterocycles. The molecule has 1 aromatic carbocycles. The third kappa shape index (κ3) is 2.43. The van der Waals surface area contributed by atoms with Crippen molar-refractivity contribution in [2.24, 2.45) is 12.5 Å². The molecule has 2 aromatic rings. The third-order valence-corrected chi connectivity index (χ3v) is 5.36. The molecule has 0 N–H and O–H groups in total. The Hall–Kier alpha value is -1.88. The van der Waals surface area contributed by atoms with E-state index in [1.165, 1.54) is 12.1 Å². The van der Waals surface area contributed by atoms with Gasteiger partial charge in [-0.1, -0.05) is 0 Å². The van der Waals surface area contributed by atoms with Gasteiger partial charge in [0.25, 0.3) is 5.91 Å². The summed E-state index contributed by atoms with van der Waals surface area (Å²) in [6.45, 7) is 3.12. The Morgan fingerprint density at radius 2 is 2.17 bits per heavy atom. The molecule has 3 heterocycles. The SMILES string of the molecule is Cn1c(C(=O)N2CCC[C@@]3(CCOC3)C2)cc2cc(F)ccc21. The summed E-state index contributed by atoms with van der Waals surface area (Å²) in [7, 11) is 1.87. The minimum atomic E-state index is -0.276. The zero-order valence-corrected chi connectivity index (χ0v) is 13.3. The topological polar surface area (TPSA) is 34.5 Å². The summed E-state index contributed by atoms with van der Waals surface area (Å²) in [5.74, 6) is -0.239. The lowest BCUT2D eigenvalue weighted by Gasteiger charge is -2.39. The number of halogens is 1. The summed E-state index contributed by atoms with van der Waals surface area (Å²) in [5, 5.41) is 0.770. The highest BCUT2D eigenvalue weighted by Gasteiger charge is 2.40. The van der Waals surface area contributed by atoms with Crippen LogP contribution in [0.25, 0.3) is 10.9 Å². The number of aryl methyl sites for hydroxylation is 1. The number of hydrogen-bond donors (Lipinski definition) is 0. The van der Waals surface area contributed by atoms with Crippen molar-refractivity contribution in [3.63, 3.8) is 0 Å². The van der Waals surface area contributed by atoms with E-state index in [0.29, 0.717) is 5.69 Å². The first-order valence-electron chi connectivity index (χ1n) is 8.20. The average molecular weight is 316 g/mol. The van der Waals surface area contributed by atoms with Gasteiger partial charge in [0.05, 0.1) is 6.61 Å². The molecule has 0 bridgehead atoms. The number of carbonyl (C=O) groups is 1. The second-order valence-corrected chi connectivity index (χ2v) is 6.92. The van der Waals surface area contributed by atoms with E-state index < -0.39 is 0 Å². The van der Waals surface area contributed by atoms with Crippen LogP contribution >= 0.6 is 0 Å². The van der Waals surface area contributed by atoms with Crippen molar-refractivity contribution in [2.45, 2.75) is 19.3 Å². The maximum Gasteiger partial charge on any atom is 0.270 e. The number of amides is 1. The minimum Gasteiger partial charge on any atom is -0.381 e. The second kappa shape index (κ2) is 5.34. The maximum absolute atomic E-state index is 13.4. The monoisotopic (exact) mass is 316 g/mol. The molecular weight excluding hydrogens is 295 g/mol. The van der Waals surface area contributed by atoms with Crippen LogP contribution < -0.4 is 0 Å². The van der Waals surface area contributed by atoms with E-state index in [4.69, 9.17) is 4.74 Å². The molecule has 5 heteroatoms. The molecule has 0 unspecified atom stereocenters. The quantitative estimate of drug-likeness (QED) is 0.811. The molecule has 1 atom stereocenters. The van der Waals surface area contributed by atoms with Crippen LogP contribution in [0.5, 0.6) is 0 Å². The molecule has 1 spiro atoms. The minimum absolute atomic E-state index is 0.0371. The number of nitrogens with zero attached hydrogens (tertiary/aromatic N) is 2. The van der Waals surface area contributed by atoms with E-state index in [2.05, 4.69) is 0 Å².